The number of hydrogen-bond acceptors (Lipinski definition) is 3. The molecule has 4 heteroatoms. The van der Waals surface area contributed by atoms with Gasteiger partial charge in [0.05, 0.1) is 5.56 Å². The minimum absolute atomic E-state index is 0.159. The number of ether oxygens (including phenoxy) is 1. The summed E-state index contributed by atoms with van der Waals surface area (Å²) in [7, 11) is 0. The number of benzene rings is 2. The Bertz CT molecular complexity index is 706. The number of rotatable bonds is 5. The normalized spacial score (nSPS) is 15.3. The van der Waals surface area contributed by atoms with Crippen LogP contribution in [0.2, 0.25) is 0 Å². The van der Waals surface area contributed by atoms with Crippen molar-refractivity contribution < 1.29 is 14.3 Å². The van der Waals surface area contributed by atoms with E-state index < -0.39 is 5.97 Å². The largest absolute Gasteiger partial charge is 0.452 e. The molecule has 22 heavy (non-hydrogen) atoms. The van der Waals surface area contributed by atoms with E-state index in [1.54, 1.807) is 12.1 Å². The second-order valence-corrected chi connectivity index (χ2v) is 5.83. The minimum Gasteiger partial charge on any atom is -0.452 e. The lowest BCUT2D eigenvalue weighted by Gasteiger charge is -2.12. The van der Waals surface area contributed by atoms with Crippen molar-refractivity contribution in [1.82, 2.24) is 5.32 Å². The van der Waals surface area contributed by atoms with Crippen LogP contribution >= 0.6 is 0 Å². The summed E-state index contributed by atoms with van der Waals surface area (Å²) >= 11 is 0. The topological polar surface area (TPSA) is 55.4 Å². The van der Waals surface area contributed by atoms with Gasteiger partial charge >= 0.3 is 5.97 Å². The molecule has 1 amide bonds. The van der Waals surface area contributed by atoms with Crippen molar-refractivity contribution in [2.75, 3.05) is 6.61 Å². The first-order valence-corrected chi connectivity index (χ1v) is 7.59. The molecule has 2 aromatic rings. The quantitative estimate of drug-likeness (QED) is 0.863. The van der Waals surface area contributed by atoms with Crippen LogP contribution in [0.25, 0.3) is 10.8 Å². The molecule has 1 fully saturated rings. The summed E-state index contributed by atoms with van der Waals surface area (Å²) in [6.07, 6.45) is 2.33. The fourth-order valence-corrected chi connectivity index (χ4v) is 2.54. The molecule has 3 rings (SSSR count). The zero-order chi connectivity index (χ0) is 15.5. The first-order chi connectivity index (χ1) is 10.6. The van der Waals surface area contributed by atoms with Gasteiger partial charge in [-0.25, -0.2) is 4.79 Å². The van der Waals surface area contributed by atoms with E-state index in [-0.39, 0.29) is 18.6 Å². The summed E-state index contributed by atoms with van der Waals surface area (Å²) in [5, 5.41) is 4.90. The molecular weight excluding hydrogens is 278 g/mol. The lowest BCUT2D eigenvalue weighted by Crippen LogP contribution is -2.37. The fraction of sp³-hybridized carbons (Fsp3) is 0.333. The standard InChI is InChI=1S/C18H19NO3/c1-12(13-6-7-13)19-17(20)11-22-18(21)16-9-8-14-4-2-3-5-15(14)10-16/h2-5,8-10,12-13H,6-7,11H2,1H3,(H,19,20)/t12-/m1/s1. The predicted octanol–water partition coefficient (Wildman–Crippen LogP) is 2.91. The van der Waals surface area contributed by atoms with Gasteiger partial charge in [0.15, 0.2) is 6.61 Å². The third-order valence-corrected chi connectivity index (χ3v) is 4.04. The van der Waals surface area contributed by atoms with Gasteiger partial charge in [-0.3, -0.25) is 4.79 Å². The van der Waals surface area contributed by atoms with Gasteiger partial charge in [-0.1, -0.05) is 30.3 Å². The summed E-state index contributed by atoms with van der Waals surface area (Å²) < 4.78 is 5.09. The van der Waals surface area contributed by atoms with Crippen molar-refractivity contribution >= 4 is 22.6 Å². The smallest absolute Gasteiger partial charge is 0.338 e. The van der Waals surface area contributed by atoms with Crippen molar-refractivity contribution in [3.05, 3.63) is 48.0 Å². The number of hydrogen-bond donors (Lipinski definition) is 1. The molecule has 0 heterocycles. The Morgan fingerprint density at radius 1 is 1.18 bits per heavy atom. The van der Waals surface area contributed by atoms with Gasteiger partial charge in [-0.2, -0.15) is 0 Å². The molecule has 0 saturated heterocycles. The maximum absolute atomic E-state index is 12.0. The Morgan fingerprint density at radius 3 is 2.64 bits per heavy atom. The van der Waals surface area contributed by atoms with Crippen molar-refractivity contribution in [1.29, 1.82) is 0 Å². The van der Waals surface area contributed by atoms with Crippen LogP contribution in [0.1, 0.15) is 30.1 Å². The number of carbonyl (C=O) groups is 2. The van der Waals surface area contributed by atoms with Crippen LogP contribution in [0.4, 0.5) is 0 Å². The first kappa shape index (κ1) is 14.6. The summed E-state index contributed by atoms with van der Waals surface area (Å²) in [5.74, 6) is -0.131. The predicted molar refractivity (Wildman–Crippen MR) is 84.6 cm³/mol. The molecule has 1 aliphatic carbocycles. The highest BCUT2D eigenvalue weighted by molar-refractivity contribution is 5.96. The van der Waals surface area contributed by atoms with E-state index in [2.05, 4.69) is 5.32 Å². The number of nitrogens with one attached hydrogen (secondary N) is 1. The highest BCUT2D eigenvalue weighted by atomic mass is 16.5. The molecule has 0 aliphatic heterocycles. The molecule has 0 bridgehead atoms. The van der Waals surface area contributed by atoms with Gasteiger partial charge < -0.3 is 10.1 Å². The van der Waals surface area contributed by atoms with E-state index in [0.717, 1.165) is 10.8 Å². The fourth-order valence-electron chi connectivity index (χ4n) is 2.54. The Kier molecular flexibility index (Phi) is 4.09. The van der Waals surface area contributed by atoms with Gasteiger partial charge in [-0.15, -0.1) is 0 Å². The molecule has 0 spiro atoms. The number of fused-ring (bicyclic) bond motifs is 1. The third-order valence-electron chi connectivity index (χ3n) is 4.04. The van der Waals surface area contributed by atoms with E-state index in [1.165, 1.54) is 12.8 Å². The molecule has 4 nitrogen and oxygen atoms in total. The SMILES string of the molecule is C[C@@H](NC(=O)COC(=O)c1ccc2ccccc2c1)C1CC1. The molecule has 1 saturated carbocycles. The highest BCUT2D eigenvalue weighted by Gasteiger charge is 2.28. The number of carbonyl (C=O) groups excluding carboxylic acids is 2. The van der Waals surface area contributed by atoms with Crippen LogP contribution in [0.3, 0.4) is 0 Å². The number of esters is 1. The van der Waals surface area contributed by atoms with Crippen LogP contribution in [0, 0.1) is 5.92 Å². The van der Waals surface area contributed by atoms with Crippen molar-refractivity contribution in [3.8, 4) is 0 Å². The maximum atomic E-state index is 12.0. The average Bonchev–Trinajstić information content (AvgIpc) is 3.37. The molecule has 1 atom stereocenters. The molecule has 1 N–H and O–H groups in total. The third kappa shape index (κ3) is 3.45. The molecule has 114 valence electrons. The second kappa shape index (κ2) is 6.18. The van der Waals surface area contributed by atoms with E-state index in [9.17, 15) is 9.59 Å². The van der Waals surface area contributed by atoms with E-state index in [1.807, 2.05) is 37.3 Å². The molecule has 0 radical (unpaired) electrons. The second-order valence-electron chi connectivity index (χ2n) is 5.83. The van der Waals surface area contributed by atoms with Gasteiger partial charge in [-0.05, 0) is 48.6 Å². The Hall–Kier alpha value is -2.36. The lowest BCUT2D eigenvalue weighted by atomic mass is 10.1. The van der Waals surface area contributed by atoms with Crippen LogP contribution in [-0.4, -0.2) is 24.5 Å². The molecule has 0 unspecified atom stereocenters. The first-order valence-electron chi connectivity index (χ1n) is 7.59. The summed E-state index contributed by atoms with van der Waals surface area (Å²) in [6, 6.07) is 13.3. The van der Waals surface area contributed by atoms with E-state index >= 15 is 0 Å². The van der Waals surface area contributed by atoms with E-state index in [0.29, 0.717) is 11.5 Å². The summed E-state index contributed by atoms with van der Waals surface area (Å²) in [5.41, 5.74) is 0.460. The summed E-state index contributed by atoms with van der Waals surface area (Å²) in [6.45, 7) is 1.75. The zero-order valence-corrected chi connectivity index (χ0v) is 12.5. The van der Waals surface area contributed by atoms with Crippen molar-refractivity contribution in [3.63, 3.8) is 0 Å². The Morgan fingerprint density at radius 2 is 1.91 bits per heavy atom. The van der Waals surface area contributed by atoms with Crippen LogP contribution in [0.15, 0.2) is 42.5 Å². The van der Waals surface area contributed by atoms with Crippen LogP contribution < -0.4 is 5.32 Å². The van der Waals surface area contributed by atoms with Crippen molar-refractivity contribution in [2.24, 2.45) is 5.92 Å². The molecule has 0 aromatic heterocycles. The van der Waals surface area contributed by atoms with Gasteiger partial charge in [0, 0.05) is 6.04 Å². The monoisotopic (exact) mass is 297 g/mol. The number of amides is 1. The van der Waals surface area contributed by atoms with Gasteiger partial charge in [0.25, 0.3) is 5.91 Å². The van der Waals surface area contributed by atoms with Crippen LogP contribution in [-0.2, 0) is 9.53 Å². The van der Waals surface area contributed by atoms with Crippen LogP contribution in [0.5, 0.6) is 0 Å². The minimum atomic E-state index is -0.472. The summed E-state index contributed by atoms with van der Waals surface area (Å²) in [4.78, 5) is 23.8. The highest BCUT2D eigenvalue weighted by Crippen LogP contribution is 2.32. The average molecular weight is 297 g/mol. The molecule has 2 aromatic carbocycles. The Balaban J connectivity index is 1.57. The van der Waals surface area contributed by atoms with Gasteiger partial charge in [0.1, 0.15) is 0 Å². The van der Waals surface area contributed by atoms with Gasteiger partial charge in [0.2, 0.25) is 0 Å². The molecule has 1 aliphatic rings. The molecular formula is C18H19NO3. The van der Waals surface area contributed by atoms with E-state index in [4.69, 9.17) is 4.74 Å². The Labute approximate surface area is 129 Å². The zero-order valence-electron chi connectivity index (χ0n) is 12.5. The maximum Gasteiger partial charge on any atom is 0.338 e. The lowest BCUT2D eigenvalue weighted by molar-refractivity contribution is -0.124. The van der Waals surface area contributed by atoms with Crippen molar-refractivity contribution in [2.45, 2.75) is 25.8 Å².